The number of amides is 1. The van der Waals surface area contributed by atoms with Crippen LogP contribution in [0.1, 0.15) is 23.2 Å². The molecule has 8 nitrogen and oxygen atoms in total. The van der Waals surface area contributed by atoms with Crippen LogP contribution in [0.15, 0.2) is 33.8 Å². The molecule has 2 aromatic rings. The predicted octanol–water partition coefficient (Wildman–Crippen LogP) is 1.61. The molecule has 0 spiro atoms. The Hall–Kier alpha value is -2.76. The molecule has 1 heterocycles. The Morgan fingerprint density at radius 2 is 2.12 bits per heavy atom. The number of hydrogen-bond acceptors (Lipinski definition) is 7. The van der Waals surface area contributed by atoms with E-state index in [0.717, 1.165) is 0 Å². The van der Waals surface area contributed by atoms with Gasteiger partial charge < -0.3 is 0 Å². The number of carbonyl (C=O) groups is 1. The van der Waals surface area contributed by atoms with E-state index in [1.54, 1.807) is 6.92 Å². The monoisotopic (exact) mass is 369 g/mol. The van der Waals surface area contributed by atoms with E-state index in [0.29, 0.717) is 12.1 Å². The van der Waals surface area contributed by atoms with Crippen molar-refractivity contribution in [2.75, 3.05) is 13.2 Å². The maximum absolute atomic E-state index is 12.5. The van der Waals surface area contributed by atoms with Gasteiger partial charge in [0.2, 0.25) is 0 Å². The SMILES string of the molecule is CC(/B=N/OCCN)NC(=O)c1ccc(-c2noc(C(F)(F)F)n2)cc1. The van der Waals surface area contributed by atoms with E-state index in [4.69, 9.17) is 10.6 Å². The van der Waals surface area contributed by atoms with Crippen LogP contribution in [0.2, 0.25) is 0 Å². The number of rotatable bonds is 7. The molecule has 0 aliphatic heterocycles. The van der Waals surface area contributed by atoms with E-state index in [1.807, 2.05) is 0 Å². The standard InChI is InChI=1S/C14H15BF3N5O3/c1-8(15-23-25-7-6-19)20-12(24)10-4-2-9(3-5-10)11-21-13(26-22-11)14(16,17)18/h2-5,8H,6-7,19H2,1H3,(H,20,24). The molecule has 0 saturated heterocycles. The summed E-state index contributed by atoms with van der Waals surface area (Å²) in [6.07, 6.45) is -4.71. The second-order valence-corrected chi connectivity index (χ2v) is 5.14. The Balaban J connectivity index is 1.99. The summed E-state index contributed by atoms with van der Waals surface area (Å²) >= 11 is 0. The Kier molecular flexibility index (Phi) is 6.44. The molecule has 0 aliphatic carbocycles. The summed E-state index contributed by atoms with van der Waals surface area (Å²) in [6.45, 7) is 2.29. The van der Waals surface area contributed by atoms with Crippen molar-refractivity contribution < 1.29 is 27.3 Å². The molecule has 0 radical (unpaired) electrons. The number of hydrogen-bond donors (Lipinski definition) is 2. The van der Waals surface area contributed by atoms with E-state index in [2.05, 4.69) is 25.0 Å². The molecule has 3 N–H and O–H groups in total. The molecule has 2 rings (SSSR count). The van der Waals surface area contributed by atoms with Crippen LogP contribution in [0.4, 0.5) is 13.2 Å². The van der Waals surface area contributed by atoms with Crippen molar-refractivity contribution in [1.82, 2.24) is 15.5 Å². The van der Waals surface area contributed by atoms with Crippen LogP contribution in [-0.2, 0) is 11.0 Å². The fourth-order valence-corrected chi connectivity index (χ4v) is 1.79. The molecule has 0 bridgehead atoms. The van der Waals surface area contributed by atoms with Crippen LogP contribution >= 0.6 is 0 Å². The van der Waals surface area contributed by atoms with E-state index < -0.39 is 23.9 Å². The van der Waals surface area contributed by atoms with Crippen molar-refractivity contribution in [3.05, 3.63) is 35.7 Å². The van der Waals surface area contributed by atoms with Crippen LogP contribution in [0.25, 0.3) is 11.4 Å². The van der Waals surface area contributed by atoms with Crippen LogP contribution < -0.4 is 11.1 Å². The summed E-state index contributed by atoms with van der Waals surface area (Å²) in [4.78, 5) is 20.2. The topological polar surface area (TPSA) is 116 Å². The number of aromatic nitrogens is 2. The molecular formula is C14H15BF3N5O3. The zero-order valence-corrected chi connectivity index (χ0v) is 13.7. The minimum atomic E-state index is -4.71. The molecule has 26 heavy (non-hydrogen) atoms. The summed E-state index contributed by atoms with van der Waals surface area (Å²) < 4.78 is 41.6. The van der Waals surface area contributed by atoms with Gasteiger partial charge in [0.15, 0.2) is 0 Å². The summed E-state index contributed by atoms with van der Waals surface area (Å²) in [5.74, 6) is -2.44. The normalized spacial score (nSPS) is 12.7. The molecule has 1 unspecified atom stereocenters. The maximum atomic E-state index is 12.5. The first-order valence-electron chi connectivity index (χ1n) is 7.49. The Bertz CT molecular complexity index is 764. The van der Waals surface area contributed by atoms with Gasteiger partial charge in [0, 0.05) is 0 Å². The molecule has 0 fully saturated rings. The van der Waals surface area contributed by atoms with Gasteiger partial charge in [-0.15, -0.1) is 0 Å². The molecule has 0 aliphatic rings. The van der Waals surface area contributed by atoms with E-state index in [9.17, 15) is 18.0 Å². The van der Waals surface area contributed by atoms with Crippen molar-refractivity contribution in [2.45, 2.75) is 19.0 Å². The first-order valence-corrected chi connectivity index (χ1v) is 7.49. The van der Waals surface area contributed by atoms with Gasteiger partial charge in [-0.25, -0.2) is 0 Å². The predicted molar refractivity (Wildman–Crippen MR) is 84.9 cm³/mol. The van der Waals surface area contributed by atoms with Crippen molar-refractivity contribution in [3.63, 3.8) is 0 Å². The Morgan fingerprint density at radius 3 is 2.69 bits per heavy atom. The van der Waals surface area contributed by atoms with Crippen LogP contribution in [0, 0.1) is 0 Å². The van der Waals surface area contributed by atoms with Crippen molar-refractivity contribution >= 4 is 13.0 Å². The number of alkyl halides is 3. The van der Waals surface area contributed by atoms with Gasteiger partial charge in [-0.3, -0.25) is 0 Å². The summed E-state index contributed by atoms with van der Waals surface area (Å²) in [5.41, 5.74) is 5.83. The van der Waals surface area contributed by atoms with Crippen molar-refractivity contribution in [3.8, 4) is 11.4 Å². The zero-order valence-electron chi connectivity index (χ0n) is 13.7. The van der Waals surface area contributed by atoms with Gasteiger partial charge in [0.25, 0.3) is 0 Å². The number of nitrogens with zero attached hydrogens (tertiary/aromatic N) is 3. The second kappa shape index (κ2) is 8.56. The first-order chi connectivity index (χ1) is 12.3. The van der Waals surface area contributed by atoms with Gasteiger partial charge in [-0.05, 0) is 0 Å². The molecule has 138 valence electrons. The first kappa shape index (κ1) is 19.6. The van der Waals surface area contributed by atoms with E-state index >= 15 is 0 Å². The number of carbonyl (C=O) groups excluding carboxylic acids is 1. The second-order valence-electron chi connectivity index (χ2n) is 5.14. The average Bonchev–Trinajstić information content (AvgIpc) is 3.09. The van der Waals surface area contributed by atoms with E-state index in [1.165, 1.54) is 31.3 Å². The van der Waals surface area contributed by atoms with E-state index in [-0.39, 0.29) is 18.0 Å². The van der Waals surface area contributed by atoms with Crippen molar-refractivity contribution in [2.24, 2.45) is 10.8 Å². The van der Waals surface area contributed by atoms with Crippen LogP contribution in [-0.4, -0.2) is 42.2 Å². The number of nitrogens with one attached hydrogen (secondary N) is 1. The molecule has 1 aromatic heterocycles. The molecule has 1 atom stereocenters. The van der Waals surface area contributed by atoms with Crippen LogP contribution in [0.5, 0.6) is 0 Å². The summed E-state index contributed by atoms with van der Waals surface area (Å²) in [7, 11) is 1.40. The number of benzene rings is 1. The fraction of sp³-hybridized carbons (Fsp3) is 0.357. The third-order valence-electron chi connectivity index (χ3n) is 3.00. The van der Waals surface area contributed by atoms with Gasteiger partial charge in [0.1, 0.15) is 0 Å². The zero-order chi connectivity index (χ0) is 19.2. The summed E-state index contributed by atoms with van der Waals surface area (Å²) in [5, 5.41) is 9.58. The van der Waals surface area contributed by atoms with Gasteiger partial charge in [-0.2, -0.15) is 0 Å². The third kappa shape index (κ3) is 5.38. The minimum absolute atomic E-state index is 0.221. The number of nitrogens with two attached hydrogens (primary N) is 1. The Morgan fingerprint density at radius 1 is 1.42 bits per heavy atom. The third-order valence-corrected chi connectivity index (χ3v) is 3.00. The van der Waals surface area contributed by atoms with Crippen molar-refractivity contribution in [1.29, 1.82) is 0 Å². The summed E-state index contributed by atoms with van der Waals surface area (Å²) in [6, 6.07) is 5.71. The molecular weight excluding hydrogens is 354 g/mol. The molecule has 1 amide bonds. The van der Waals surface area contributed by atoms with Gasteiger partial charge >= 0.3 is 146 Å². The van der Waals surface area contributed by atoms with Gasteiger partial charge in [0.05, 0.1) is 0 Å². The average molecular weight is 369 g/mol. The van der Waals surface area contributed by atoms with Crippen LogP contribution in [0.3, 0.4) is 0 Å². The fourth-order valence-electron chi connectivity index (χ4n) is 1.79. The molecule has 12 heteroatoms. The van der Waals surface area contributed by atoms with Gasteiger partial charge in [-0.1, -0.05) is 0 Å². The quantitative estimate of drug-likeness (QED) is 0.435. The Labute approximate surface area is 146 Å². The number of halogens is 3. The molecule has 0 saturated carbocycles. The molecule has 1 aromatic carbocycles.